The maximum Gasteiger partial charge on any atom is 0.0827 e. The summed E-state index contributed by atoms with van der Waals surface area (Å²) in [5.41, 5.74) is 1.52. The first-order valence-corrected chi connectivity index (χ1v) is 4.33. The van der Waals surface area contributed by atoms with E-state index in [1.807, 2.05) is 0 Å². The molecule has 0 aliphatic carbocycles. The molecule has 1 aromatic carbocycles. The van der Waals surface area contributed by atoms with Gasteiger partial charge in [-0.25, -0.2) is 0 Å². The highest BCUT2D eigenvalue weighted by Crippen LogP contribution is 2.18. The Morgan fingerprint density at radius 2 is 2.00 bits per heavy atom. The van der Waals surface area contributed by atoms with Crippen LogP contribution < -0.4 is 5.32 Å². The van der Waals surface area contributed by atoms with Gasteiger partial charge >= 0.3 is 0 Å². The Labute approximate surface area is 67.4 Å². The average Bonchev–Trinajstić information content (AvgIpc) is 2.58. The van der Waals surface area contributed by atoms with Gasteiger partial charge in [0, 0.05) is 12.3 Å². The molecule has 1 aliphatic rings. The normalized spacial score (nSPS) is 23.8. The maximum absolute atomic E-state index is 2.40. The molecule has 1 aliphatic heterocycles. The molecule has 11 heavy (non-hydrogen) atoms. The van der Waals surface area contributed by atoms with E-state index in [0.717, 1.165) is 5.92 Å². The van der Waals surface area contributed by atoms with E-state index in [0.29, 0.717) is 0 Å². The van der Waals surface area contributed by atoms with Gasteiger partial charge in [0.05, 0.1) is 13.1 Å². The monoisotopic (exact) mass is 148 g/mol. The van der Waals surface area contributed by atoms with Gasteiger partial charge in [0.25, 0.3) is 0 Å². The Morgan fingerprint density at radius 1 is 1.18 bits per heavy atom. The third-order valence-corrected chi connectivity index (χ3v) is 2.44. The Balaban J connectivity index is 2.16. The van der Waals surface area contributed by atoms with E-state index in [9.17, 15) is 0 Å². The van der Waals surface area contributed by atoms with Gasteiger partial charge in [0.2, 0.25) is 0 Å². The van der Waals surface area contributed by atoms with Crippen molar-refractivity contribution in [2.75, 3.05) is 13.1 Å². The van der Waals surface area contributed by atoms with Gasteiger partial charge in [-0.2, -0.15) is 0 Å². The van der Waals surface area contributed by atoms with Crippen LogP contribution in [0.1, 0.15) is 17.9 Å². The van der Waals surface area contributed by atoms with Crippen LogP contribution >= 0.6 is 0 Å². The van der Waals surface area contributed by atoms with Crippen LogP contribution in [-0.2, 0) is 0 Å². The molecule has 0 amide bonds. The third-order valence-electron chi connectivity index (χ3n) is 2.44. The van der Waals surface area contributed by atoms with E-state index >= 15 is 0 Å². The predicted octanol–water partition coefficient (Wildman–Crippen LogP) is 0.737. The molecule has 0 saturated carbocycles. The standard InChI is InChI=1S/C10H13N/c1-2-4-9(5-3-1)10-6-7-11-8-10/h1-5,10-11H,6-8H2/p+1. The summed E-state index contributed by atoms with van der Waals surface area (Å²) >= 11 is 0. The molecule has 1 heteroatoms. The first-order valence-electron chi connectivity index (χ1n) is 4.33. The van der Waals surface area contributed by atoms with Crippen molar-refractivity contribution in [3.63, 3.8) is 0 Å². The second-order valence-electron chi connectivity index (χ2n) is 3.21. The molecule has 1 heterocycles. The lowest BCUT2D eigenvalue weighted by molar-refractivity contribution is -0.636. The molecule has 0 aromatic heterocycles. The Bertz CT molecular complexity index is 212. The fraction of sp³-hybridized carbons (Fsp3) is 0.400. The van der Waals surface area contributed by atoms with Crippen molar-refractivity contribution in [2.24, 2.45) is 0 Å². The minimum atomic E-state index is 0.816. The van der Waals surface area contributed by atoms with Crippen LogP contribution in [0.3, 0.4) is 0 Å². The second kappa shape index (κ2) is 3.05. The van der Waals surface area contributed by atoms with Crippen LogP contribution in [0.5, 0.6) is 0 Å². The summed E-state index contributed by atoms with van der Waals surface area (Å²) in [5.74, 6) is 0.816. The summed E-state index contributed by atoms with van der Waals surface area (Å²) in [6.45, 7) is 2.59. The van der Waals surface area contributed by atoms with Crippen molar-refractivity contribution in [2.45, 2.75) is 12.3 Å². The summed E-state index contributed by atoms with van der Waals surface area (Å²) in [4.78, 5) is 0. The van der Waals surface area contributed by atoms with Crippen LogP contribution in [0.25, 0.3) is 0 Å². The molecule has 0 bridgehead atoms. The number of hydrogen-bond donors (Lipinski definition) is 1. The van der Waals surface area contributed by atoms with Crippen LogP contribution in [0.4, 0.5) is 0 Å². The van der Waals surface area contributed by atoms with Gasteiger partial charge in [-0.15, -0.1) is 0 Å². The molecule has 1 fully saturated rings. The van der Waals surface area contributed by atoms with Gasteiger partial charge in [0.1, 0.15) is 0 Å². The minimum absolute atomic E-state index is 0.816. The molecule has 1 unspecified atom stereocenters. The van der Waals surface area contributed by atoms with Gasteiger partial charge < -0.3 is 5.32 Å². The minimum Gasteiger partial charge on any atom is -0.346 e. The van der Waals surface area contributed by atoms with E-state index in [1.54, 1.807) is 0 Å². The lowest BCUT2D eigenvalue weighted by Gasteiger charge is -2.04. The van der Waals surface area contributed by atoms with Gasteiger partial charge in [-0.1, -0.05) is 30.3 Å². The molecule has 1 nitrogen and oxygen atoms in total. The van der Waals surface area contributed by atoms with Crippen molar-refractivity contribution in [3.8, 4) is 0 Å². The highest BCUT2D eigenvalue weighted by Gasteiger charge is 2.18. The Morgan fingerprint density at radius 3 is 2.64 bits per heavy atom. The topological polar surface area (TPSA) is 16.6 Å². The van der Waals surface area contributed by atoms with Crippen LogP contribution in [0, 0.1) is 0 Å². The smallest absolute Gasteiger partial charge is 0.0827 e. The van der Waals surface area contributed by atoms with Crippen LogP contribution in [0.15, 0.2) is 30.3 Å². The summed E-state index contributed by atoms with van der Waals surface area (Å²) in [7, 11) is 0. The molecule has 1 saturated heterocycles. The molecular weight excluding hydrogens is 134 g/mol. The fourth-order valence-corrected chi connectivity index (χ4v) is 1.78. The van der Waals surface area contributed by atoms with E-state index in [1.165, 1.54) is 25.1 Å². The molecule has 1 aromatic rings. The number of benzene rings is 1. The van der Waals surface area contributed by atoms with E-state index in [-0.39, 0.29) is 0 Å². The largest absolute Gasteiger partial charge is 0.346 e. The van der Waals surface area contributed by atoms with E-state index in [4.69, 9.17) is 0 Å². The molecule has 2 rings (SSSR count). The van der Waals surface area contributed by atoms with Crippen molar-refractivity contribution in [1.82, 2.24) is 0 Å². The van der Waals surface area contributed by atoms with E-state index < -0.39 is 0 Å². The third kappa shape index (κ3) is 1.43. The molecule has 1 atom stereocenters. The van der Waals surface area contributed by atoms with Crippen LogP contribution in [-0.4, -0.2) is 13.1 Å². The number of rotatable bonds is 1. The first-order chi connectivity index (χ1) is 5.47. The Kier molecular flexibility index (Phi) is 1.91. The second-order valence-corrected chi connectivity index (χ2v) is 3.21. The lowest BCUT2D eigenvalue weighted by atomic mass is 9.99. The van der Waals surface area contributed by atoms with Crippen molar-refractivity contribution in [1.29, 1.82) is 0 Å². The molecule has 58 valence electrons. The predicted molar refractivity (Wildman–Crippen MR) is 45.5 cm³/mol. The summed E-state index contributed by atoms with van der Waals surface area (Å²) in [6.07, 6.45) is 1.35. The number of hydrogen-bond acceptors (Lipinski definition) is 0. The van der Waals surface area contributed by atoms with Gasteiger partial charge in [-0.3, -0.25) is 0 Å². The Hall–Kier alpha value is -0.820. The summed E-state index contributed by atoms with van der Waals surface area (Å²) in [6, 6.07) is 10.8. The lowest BCUT2D eigenvalue weighted by Crippen LogP contribution is -2.81. The quantitative estimate of drug-likeness (QED) is 0.605. The molecule has 0 radical (unpaired) electrons. The van der Waals surface area contributed by atoms with Crippen molar-refractivity contribution in [3.05, 3.63) is 35.9 Å². The SMILES string of the molecule is c1ccc(C2CC[NH2+]C2)cc1. The average molecular weight is 148 g/mol. The number of nitrogens with two attached hydrogens (primary N) is 1. The summed E-state index contributed by atoms with van der Waals surface area (Å²) in [5, 5.41) is 2.40. The zero-order valence-corrected chi connectivity index (χ0v) is 6.66. The van der Waals surface area contributed by atoms with E-state index in [2.05, 4.69) is 35.6 Å². The van der Waals surface area contributed by atoms with Gasteiger partial charge in [-0.05, 0) is 5.56 Å². The zero-order valence-electron chi connectivity index (χ0n) is 6.66. The first kappa shape index (κ1) is 6.86. The molecule has 2 N–H and O–H groups in total. The van der Waals surface area contributed by atoms with Crippen molar-refractivity contribution < 1.29 is 5.32 Å². The molecule has 0 spiro atoms. The van der Waals surface area contributed by atoms with Crippen molar-refractivity contribution >= 4 is 0 Å². The highest BCUT2D eigenvalue weighted by atomic mass is 14.9. The highest BCUT2D eigenvalue weighted by molar-refractivity contribution is 5.19. The number of quaternary nitrogens is 1. The summed E-state index contributed by atoms with van der Waals surface area (Å²) < 4.78 is 0. The maximum atomic E-state index is 2.40. The zero-order chi connectivity index (χ0) is 7.52. The van der Waals surface area contributed by atoms with Crippen LogP contribution in [0.2, 0.25) is 0 Å². The molecular formula is C10H14N+. The van der Waals surface area contributed by atoms with Gasteiger partial charge in [0.15, 0.2) is 0 Å². The fourth-order valence-electron chi connectivity index (χ4n) is 1.78.